The van der Waals surface area contributed by atoms with Crippen molar-refractivity contribution >= 4 is 16.5 Å². The first kappa shape index (κ1) is 15.7. The van der Waals surface area contributed by atoms with Gasteiger partial charge in [-0.25, -0.2) is 4.98 Å². The van der Waals surface area contributed by atoms with Crippen LogP contribution in [0.1, 0.15) is 24.4 Å². The summed E-state index contributed by atoms with van der Waals surface area (Å²) in [6.07, 6.45) is 1.24. The number of aromatic nitrogens is 1. The minimum absolute atomic E-state index is 0.131. The molecule has 0 aliphatic carbocycles. The number of anilines is 1. The molecule has 1 fully saturated rings. The zero-order valence-electron chi connectivity index (χ0n) is 12.8. The van der Waals surface area contributed by atoms with Gasteiger partial charge in [0.05, 0.1) is 5.69 Å². The van der Waals surface area contributed by atoms with Crippen molar-refractivity contribution in [3.63, 3.8) is 0 Å². The molecule has 1 aromatic heterocycles. The Morgan fingerprint density at radius 1 is 1.25 bits per heavy atom. The van der Waals surface area contributed by atoms with Crippen LogP contribution >= 0.6 is 11.3 Å². The third-order valence-corrected chi connectivity index (χ3v) is 4.89. The summed E-state index contributed by atoms with van der Waals surface area (Å²) in [5.41, 5.74) is 1.21. The second-order valence-electron chi connectivity index (χ2n) is 4.95. The van der Waals surface area contributed by atoms with Gasteiger partial charge in [0, 0.05) is 38.7 Å². The maximum atomic E-state index is 5.49. The van der Waals surface area contributed by atoms with E-state index in [0.717, 1.165) is 37.7 Å². The fourth-order valence-electron chi connectivity index (χ4n) is 2.51. The monoisotopic (exact) mass is 299 g/mol. The zero-order chi connectivity index (χ0) is 14.5. The number of hydrogen-bond donors (Lipinski definition) is 1. The van der Waals surface area contributed by atoms with E-state index in [1.807, 2.05) is 0 Å². The van der Waals surface area contributed by atoms with Gasteiger partial charge in [-0.2, -0.15) is 0 Å². The number of nitrogens with one attached hydrogen (secondary N) is 1. The lowest BCUT2D eigenvalue weighted by Crippen LogP contribution is -2.27. The number of thiazole rings is 1. The van der Waals surface area contributed by atoms with Gasteiger partial charge in [-0.05, 0) is 13.0 Å². The van der Waals surface area contributed by atoms with Gasteiger partial charge in [-0.1, -0.05) is 13.8 Å². The summed E-state index contributed by atoms with van der Waals surface area (Å²) in [6.45, 7) is 7.89. The number of methoxy groups -OCH3 is 2. The summed E-state index contributed by atoms with van der Waals surface area (Å²) < 4.78 is 11.0. The quantitative estimate of drug-likeness (QED) is 0.830. The number of ether oxygens (including phenoxy) is 2. The molecule has 0 amide bonds. The standard InChI is InChI=1S/C14H25N3O2S/c1-5-10-13(7-15-6-2)20-14(16-10)17-8-11(18-3)12(9-17)19-4/h11-12,15H,5-9H2,1-4H3. The topological polar surface area (TPSA) is 46.6 Å². The lowest BCUT2D eigenvalue weighted by molar-refractivity contribution is -0.00461. The molecule has 1 saturated heterocycles. The molecule has 1 N–H and O–H groups in total. The average molecular weight is 299 g/mol. The van der Waals surface area contributed by atoms with Crippen molar-refractivity contribution in [3.05, 3.63) is 10.6 Å². The Balaban J connectivity index is 2.11. The van der Waals surface area contributed by atoms with E-state index >= 15 is 0 Å². The molecule has 0 bridgehead atoms. The molecule has 1 aromatic rings. The summed E-state index contributed by atoms with van der Waals surface area (Å²) in [5, 5.41) is 4.48. The van der Waals surface area contributed by atoms with Gasteiger partial charge in [-0.3, -0.25) is 0 Å². The first-order valence-corrected chi connectivity index (χ1v) is 8.04. The van der Waals surface area contributed by atoms with E-state index in [0.29, 0.717) is 0 Å². The lowest BCUT2D eigenvalue weighted by Gasteiger charge is -2.13. The predicted molar refractivity (Wildman–Crippen MR) is 82.7 cm³/mol. The maximum absolute atomic E-state index is 5.49. The first-order chi connectivity index (χ1) is 9.73. The highest BCUT2D eigenvalue weighted by molar-refractivity contribution is 7.15. The van der Waals surface area contributed by atoms with Gasteiger partial charge in [0.15, 0.2) is 5.13 Å². The van der Waals surface area contributed by atoms with Crippen LogP contribution in [0.15, 0.2) is 0 Å². The average Bonchev–Trinajstić information content (AvgIpc) is 3.07. The van der Waals surface area contributed by atoms with Crippen LogP contribution < -0.4 is 10.2 Å². The molecule has 1 aliphatic rings. The Hall–Kier alpha value is -0.690. The fourth-order valence-corrected chi connectivity index (χ4v) is 3.65. The van der Waals surface area contributed by atoms with Crippen molar-refractivity contribution in [2.75, 3.05) is 38.8 Å². The Labute approximate surface area is 125 Å². The maximum Gasteiger partial charge on any atom is 0.186 e. The van der Waals surface area contributed by atoms with Gasteiger partial charge in [0.2, 0.25) is 0 Å². The van der Waals surface area contributed by atoms with Crippen LogP contribution in [0.3, 0.4) is 0 Å². The molecule has 2 heterocycles. The molecule has 20 heavy (non-hydrogen) atoms. The third-order valence-electron chi connectivity index (χ3n) is 3.73. The highest BCUT2D eigenvalue weighted by atomic mass is 32.1. The number of aryl methyl sites for hydroxylation is 1. The Morgan fingerprint density at radius 3 is 2.40 bits per heavy atom. The molecule has 0 radical (unpaired) electrons. The molecule has 0 saturated carbocycles. The highest BCUT2D eigenvalue weighted by Gasteiger charge is 2.34. The molecule has 1 aliphatic heterocycles. The van der Waals surface area contributed by atoms with Gasteiger partial charge < -0.3 is 19.7 Å². The number of nitrogens with zero attached hydrogens (tertiary/aromatic N) is 2. The van der Waals surface area contributed by atoms with E-state index < -0.39 is 0 Å². The molecular formula is C14H25N3O2S. The molecular weight excluding hydrogens is 274 g/mol. The van der Waals surface area contributed by atoms with Crippen molar-refractivity contribution in [1.82, 2.24) is 10.3 Å². The number of rotatable bonds is 7. The summed E-state index contributed by atoms with van der Waals surface area (Å²) in [6, 6.07) is 0. The van der Waals surface area contributed by atoms with Gasteiger partial charge in [0.25, 0.3) is 0 Å². The molecule has 2 atom stereocenters. The normalized spacial score (nSPS) is 22.7. The van der Waals surface area contributed by atoms with Crippen LogP contribution in [-0.4, -0.2) is 51.0 Å². The third kappa shape index (κ3) is 3.31. The molecule has 5 nitrogen and oxygen atoms in total. The summed E-state index contributed by atoms with van der Waals surface area (Å²) in [5.74, 6) is 0. The van der Waals surface area contributed by atoms with Crippen LogP contribution in [-0.2, 0) is 22.4 Å². The lowest BCUT2D eigenvalue weighted by atomic mass is 10.3. The van der Waals surface area contributed by atoms with Crippen LogP contribution in [0.4, 0.5) is 5.13 Å². The fraction of sp³-hybridized carbons (Fsp3) is 0.786. The molecule has 0 spiro atoms. The minimum Gasteiger partial charge on any atom is -0.377 e. The second-order valence-corrected chi connectivity index (χ2v) is 6.02. The largest absolute Gasteiger partial charge is 0.377 e. The van der Waals surface area contributed by atoms with E-state index in [1.54, 1.807) is 25.6 Å². The molecule has 0 aromatic carbocycles. The summed E-state index contributed by atoms with van der Waals surface area (Å²) in [7, 11) is 3.49. The van der Waals surface area contributed by atoms with Crippen LogP contribution in [0.2, 0.25) is 0 Å². The molecule has 6 heteroatoms. The zero-order valence-corrected chi connectivity index (χ0v) is 13.6. The summed E-state index contributed by atoms with van der Waals surface area (Å²) in [4.78, 5) is 8.42. The minimum atomic E-state index is 0.131. The van der Waals surface area contributed by atoms with Crippen molar-refractivity contribution < 1.29 is 9.47 Å². The smallest absolute Gasteiger partial charge is 0.186 e. The van der Waals surface area contributed by atoms with E-state index in [4.69, 9.17) is 14.5 Å². The van der Waals surface area contributed by atoms with Gasteiger partial charge in [-0.15, -0.1) is 11.3 Å². The Bertz CT molecular complexity index is 413. The van der Waals surface area contributed by atoms with Gasteiger partial charge in [0.1, 0.15) is 12.2 Å². The second kappa shape index (κ2) is 7.36. The Kier molecular flexibility index (Phi) is 5.77. The van der Waals surface area contributed by atoms with Crippen LogP contribution in [0.5, 0.6) is 0 Å². The SMILES string of the molecule is CCNCc1sc(N2CC(OC)C(OC)C2)nc1CC. The van der Waals surface area contributed by atoms with Crippen molar-refractivity contribution in [3.8, 4) is 0 Å². The Morgan fingerprint density at radius 2 is 1.90 bits per heavy atom. The van der Waals surface area contributed by atoms with Crippen molar-refractivity contribution in [2.24, 2.45) is 0 Å². The summed E-state index contributed by atoms with van der Waals surface area (Å²) >= 11 is 1.79. The molecule has 2 unspecified atom stereocenters. The van der Waals surface area contributed by atoms with E-state index in [1.165, 1.54) is 10.6 Å². The van der Waals surface area contributed by atoms with E-state index in [-0.39, 0.29) is 12.2 Å². The van der Waals surface area contributed by atoms with Gasteiger partial charge >= 0.3 is 0 Å². The molecule has 114 valence electrons. The first-order valence-electron chi connectivity index (χ1n) is 7.23. The van der Waals surface area contributed by atoms with E-state index in [9.17, 15) is 0 Å². The predicted octanol–water partition coefficient (Wildman–Crippen LogP) is 1.66. The van der Waals surface area contributed by atoms with Crippen LogP contribution in [0.25, 0.3) is 0 Å². The number of hydrogen-bond acceptors (Lipinski definition) is 6. The molecule has 2 rings (SSSR count). The highest BCUT2D eigenvalue weighted by Crippen LogP contribution is 2.30. The van der Waals surface area contributed by atoms with E-state index in [2.05, 4.69) is 24.1 Å². The van der Waals surface area contributed by atoms with Crippen molar-refractivity contribution in [1.29, 1.82) is 0 Å². The van der Waals surface area contributed by atoms with Crippen LogP contribution in [0, 0.1) is 0 Å². The van der Waals surface area contributed by atoms with Crippen molar-refractivity contribution in [2.45, 2.75) is 39.0 Å².